The lowest BCUT2D eigenvalue weighted by molar-refractivity contribution is -0.113. The van der Waals surface area contributed by atoms with Crippen LogP contribution in [0.1, 0.15) is 11.4 Å². The molecule has 0 saturated heterocycles. The summed E-state index contributed by atoms with van der Waals surface area (Å²) < 4.78 is 40.9. The van der Waals surface area contributed by atoms with Crippen molar-refractivity contribution >= 4 is 23.4 Å². The lowest BCUT2D eigenvalue weighted by Gasteiger charge is -2.12. The van der Waals surface area contributed by atoms with Gasteiger partial charge >= 0.3 is 0 Å². The van der Waals surface area contributed by atoms with E-state index in [-0.39, 0.29) is 24.0 Å². The number of aryl methyl sites for hydroxylation is 1. The van der Waals surface area contributed by atoms with Gasteiger partial charge in [-0.25, -0.2) is 8.78 Å². The number of thioether (sulfide) groups is 1. The molecule has 35 heavy (non-hydrogen) atoms. The number of carbonyl (C=O) groups is 1. The first-order valence-electron chi connectivity index (χ1n) is 10.6. The number of anilines is 1. The first-order valence-corrected chi connectivity index (χ1v) is 11.6. The molecule has 0 radical (unpaired) electrons. The molecule has 7 nitrogen and oxygen atoms in total. The summed E-state index contributed by atoms with van der Waals surface area (Å²) in [5.41, 5.74) is 1.07. The number of amides is 1. The average Bonchev–Trinajstić information content (AvgIpc) is 3.27. The third-order valence-electron chi connectivity index (χ3n) is 5.01. The first kappa shape index (κ1) is 24.2. The van der Waals surface area contributed by atoms with E-state index < -0.39 is 11.6 Å². The quantitative estimate of drug-likeness (QED) is 0.322. The van der Waals surface area contributed by atoms with Gasteiger partial charge in [-0.1, -0.05) is 30.0 Å². The highest BCUT2D eigenvalue weighted by Crippen LogP contribution is 2.26. The van der Waals surface area contributed by atoms with E-state index in [1.165, 1.54) is 16.7 Å². The summed E-state index contributed by atoms with van der Waals surface area (Å²) in [6.45, 7) is 1.66. The number of ether oxygens (including phenoxy) is 2. The minimum absolute atomic E-state index is 0.0169. The molecule has 10 heteroatoms. The molecule has 1 N–H and O–H groups in total. The Kier molecular flexibility index (Phi) is 7.61. The van der Waals surface area contributed by atoms with Gasteiger partial charge in [0.1, 0.15) is 29.7 Å². The Bertz CT molecular complexity index is 1330. The maximum Gasteiger partial charge on any atom is 0.234 e. The average molecular weight is 497 g/mol. The molecule has 0 unspecified atom stereocenters. The zero-order chi connectivity index (χ0) is 24.8. The summed E-state index contributed by atoms with van der Waals surface area (Å²) >= 11 is 1.08. The molecule has 4 rings (SSSR count). The molecule has 0 saturated carbocycles. The number of nitrogens with zero attached hydrogens (tertiary/aromatic N) is 3. The van der Waals surface area contributed by atoms with E-state index in [0.717, 1.165) is 11.8 Å². The van der Waals surface area contributed by atoms with Gasteiger partial charge in [-0.2, -0.15) is 0 Å². The van der Waals surface area contributed by atoms with Crippen molar-refractivity contribution in [3.8, 4) is 17.2 Å². The van der Waals surface area contributed by atoms with Crippen LogP contribution >= 0.6 is 11.8 Å². The fourth-order valence-corrected chi connectivity index (χ4v) is 3.94. The minimum atomic E-state index is -0.473. The van der Waals surface area contributed by atoms with Crippen LogP contribution < -0.4 is 14.8 Å². The van der Waals surface area contributed by atoms with Gasteiger partial charge in [-0.3, -0.25) is 9.36 Å². The molecule has 0 aliphatic heterocycles. The van der Waals surface area contributed by atoms with Crippen LogP contribution in [0.25, 0.3) is 5.69 Å². The number of halogens is 2. The van der Waals surface area contributed by atoms with Gasteiger partial charge < -0.3 is 14.8 Å². The van der Waals surface area contributed by atoms with Gasteiger partial charge in [0.05, 0.1) is 18.6 Å². The first-order chi connectivity index (χ1) is 16.9. The SMILES string of the molecule is COc1ccc(OCc2nnc(SCC(=O)Nc3ccc(C)c(F)c3)n2-c2ccccc2F)cc1. The smallest absolute Gasteiger partial charge is 0.234 e. The van der Waals surface area contributed by atoms with Crippen LogP contribution in [-0.4, -0.2) is 33.5 Å². The number of aromatic nitrogens is 3. The summed E-state index contributed by atoms with van der Waals surface area (Å²) in [7, 11) is 1.57. The van der Waals surface area contributed by atoms with Crippen molar-refractivity contribution in [2.24, 2.45) is 0 Å². The highest BCUT2D eigenvalue weighted by molar-refractivity contribution is 7.99. The molecule has 180 valence electrons. The number of nitrogens with one attached hydrogen (secondary N) is 1. The summed E-state index contributed by atoms with van der Waals surface area (Å²) in [4.78, 5) is 12.4. The van der Waals surface area contributed by atoms with Gasteiger partial charge in [0, 0.05) is 5.69 Å². The second-order valence-electron chi connectivity index (χ2n) is 7.45. The molecular weight excluding hydrogens is 474 g/mol. The highest BCUT2D eigenvalue weighted by Gasteiger charge is 2.19. The largest absolute Gasteiger partial charge is 0.497 e. The van der Waals surface area contributed by atoms with Crippen molar-refractivity contribution in [1.29, 1.82) is 0 Å². The Morgan fingerprint density at radius 1 is 1.00 bits per heavy atom. The van der Waals surface area contributed by atoms with Crippen molar-refractivity contribution < 1.29 is 23.0 Å². The molecule has 3 aromatic carbocycles. The second kappa shape index (κ2) is 11.0. The predicted molar refractivity (Wildman–Crippen MR) is 129 cm³/mol. The van der Waals surface area contributed by atoms with Gasteiger partial charge in [-0.05, 0) is 61.0 Å². The fraction of sp³-hybridized carbons (Fsp3) is 0.160. The monoisotopic (exact) mass is 496 g/mol. The second-order valence-corrected chi connectivity index (χ2v) is 8.39. The zero-order valence-electron chi connectivity index (χ0n) is 19.0. The number of benzene rings is 3. The van der Waals surface area contributed by atoms with Crippen LogP contribution in [0.5, 0.6) is 11.5 Å². The predicted octanol–water partition coefficient (Wildman–Crippen LogP) is 5.17. The topological polar surface area (TPSA) is 78.3 Å². The Morgan fingerprint density at radius 3 is 2.46 bits per heavy atom. The normalized spacial score (nSPS) is 10.7. The van der Waals surface area contributed by atoms with Crippen LogP contribution in [-0.2, 0) is 11.4 Å². The van der Waals surface area contributed by atoms with Crippen molar-refractivity contribution in [1.82, 2.24) is 14.8 Å². The maximum absolute atomic E-state index is 14.7. The Balaban J connectivity index is 1.51. The molecule has 4 aromatic rings. The number of hydrogen-bond donors (Lipinski definition) is 1. The van der Waals surface area contributed by atoms with E-state index in [1.807, 2.05) is 0 Å². The third-order valence-corrected chi connectivity index (χ3v) is 5.94. The molecule has 0 spiro atoms. The van der Waals surface area contributed by atoms with Gasteiger partial charge in [-0.15, -0.1) is 10.2 Å². The molecule has 0 aliphatic rings. The van der Waals surface area contributed by atoms with Crippen LogP contribution in [0.3, 0.4) is 0 Å². The van der Waals surface area contributed by atoms with Gasteiger partial charge in [0.2, 0.25) is 5.91 Å². The number of rotatable bonds is 9. The fourth-order valence-electron chi connectivity index (χ4n) is 3.18. The Morgan fingerprint density at radius 2 is 1.74 bits per heavy atom. The minimum Gasteiger partial charge on any atom is -0.497 e. The molecule has 1 aromatic heterocycles. The number of para-hydroxylation sites is 1. The number of hydrogen-bond acceptors (Lipinski definition) is 6. The van der Waals surface area contributed by atoms with Crippen LogP contribution in [0.2, 0.25) is 0 Å². The lowest BCUT2D eigenvalue weighted by atomic mass is 10.2. The lowest BCUT2D eigenvalue weighted by Crippen LogP contribution is -2.15. The maximum atomic E-state index is 14.7. The molecule has 0 atom stereocenters. The van der Waals surface area contributed by atoms with Crippen molar-refractivity contribution in [2.45, 2.75) is 18.7 Å². The van der Waals surface area contributed by atoms with E-state index in [0.29, 0.717) is 33.7 Å². The van der Waals surface area contributed by atoms with Crippen molar-refractivity contribution in [3.05, 3.63) is 89.8 Å². The molecular formula is C25H22F2N4O3S. The summed E-state index contributed by atoms with van der Waals surface area (Å²) in [6, 6.07) is 17.7. The Hall–Kier alpha value is -3.92. The highest BCUT2D eigenvalue weighted by atomic mass is 32.2. The van der Waals surface area contributed by atoms with E-state index in [9.17, 15) is 13.6 Å². The molecule has 0 bridgehead atoms. The third kappa shape index (κ3) is 5.96. The van der Waals surface area contributed by atoms with E-state index >= 15 is 0 Å². The Labute approximate surface area is 205 Å². The summed E-state index contributed by atoms with van der Waals surface area (Å²) in [6.07, 6.45) is 0. The van der Waals surface area contributed by atoms with E-state index in [2.05, 4.69) is 15.5 Å². The van der Waals surface area contributed by atoms with Gasteiger partial charge in [0.15, 0.2) is 11.0 Å². The number of methoxy groups -OCH3 is 1. The summed E-state index contributed by atoms with van der Waals surface area (Å²) in [5, 5.41) is 11.3. The summed E-state index contributed by atoms with van der Waals surface area (Å²) in [5.74, 6) is 0.342. The number of carbonyl (C=O) groups excluding carboxylic acids is 1. The van der Waals surface area contributed by atoms with Crippen molar-refractivity contribution in [3.63, 3.8) is 0 Å². The van der Waals surface area contributed by atoms with Crippen LogP contribution in [0, 0.1) is 18.6 Å². The van der Waals surface area contributed by atoms with Gasteiger partial charge in [0.25, 0.3) is 0 Å². The molecule has 1 amide bonds. The van der Waals surface area contributed by atoms with Crippen LogP contribution in [0.15, 0.2) is 71.9 Å². The van der Waals surface area contributed by atoms with Crippen molar-refractivity contribution in [2.75, 3.05) is 18.2 Å². The van der Waals surface area contributed by atoms with E-state index in [1.54, 1.807) is 68.6 Å². The zero-order valence-corrected chi connectivity index (χ0v) is 19.8. The standard InChI is InChI=1S/C25H22F2N4O3S/c1-16-7-8-17(13-21(16)27)28-24(32)15-35-25-30-29-23(31(25)22-6-4-3-5-20(22)26)14-34-19-11-9-18(33-2)10-12-19/h3-13H,14-15H2,1-2H3,(H,28,32). The molecule has 1 heterocycles. The van der Waals surface area contributed by atoms with E-state index in [4.69, 9.17) is 9.47 Å². The molecule has 0 aliphatic carbocycles. The molecule has 0 fully saturated rings. The van der Waals surface area contributed by atoms with Crippen LogP contribution in [0.4, 0.5) is 14.5 Å².